The molecule has 2 aromatic heterocycles. The average Bonchev–Trinajstić information content (AvgIpc) is 2.90. The van der Waals surface area contributed by atoms with Gasteiger partial charge in [0, 0.05) is 47.5 Å². The Morgan fingerprint density at radius 1 is 1.47 bits per heavy atom. The molecule has 1 unspecified atom stereocenters. The molecular weight excluding hydrogens is 256 g/mol. The van der Waals surface area contributed by atoms with E-state index < -0.39 is 0 Å². The SMILES string of the molecule is Cc1cc(N(C)C(C)Cc2cccs2)c(CO)cn1. The number of thiophene rings is 1. The fourth-order valence-corrected chi connectivity index (χ4v) is 2.94. The summed E-state index contributed by atoms with van der Waals surface area (Å²) in [6, 6.07) is 6.67. The quantitative estimate of drug-likeness (QED) is 0.912. The Morgan fingerprint density at radius 3 is 2.89 bits per heavy atom. The summed E-state index contributed by atoms with van der Waals surface area (Å²) in [6.07, 6.45) is 2.78. The van der Waals surface area contributed by atoms with Gasteiger partial charge in [-0.2, -0.15) is 0 Å². The summed E-state index contributed by atoms with van der Waals surface area (Å²) in [5.74, 6) is 0. The van der Waals surface area contributed by atoms with Gasteiger partial charge >= 0.3 is 0 Å². The topological polar surface area (TPSA) is 36.4 Å². The van der Waals surface area contributed by atoms with Crippen LogP contribution in [0, 0.1) is 6.92 Å². The van der Waals surface area contributed by atoms with E-state index in [9.17, 15) is 5.11 Å². The van der Waals surface area contributed by atoms with Crippen LogP contribution in [0.1, 0.15) is 23.1 Å². The molecule has 0 saturated carbocycles. The number of hydrogen-bond donors (Lipinski definition) is 1. The smallest absolute Gasteiger partial charge is 0.0717 e. The van der Waals surface area contributed by atoms with Gasteiger partial charge in [-0.15, -0.1) is 11.3 Å². The highest BCUT2D eigenvalue weighted by molar-refractivity contribution is 7.09. The van der Waals surface area contributed by atoms with Gasteiger partial charge in [0.2, 0.25) is 0 Å². The van der Waals surface area contributed by atoms with Crippen LogP contribution in [0.2, 0.25) is 0 Å². The number of aliphatic hydroxyl groups is 1. The highest BCUT2D eigenvalue weighted by Crippen LogP contribution is 2.23. The largest absolute Gasteiger partial charge is 0.392 e. The van der Waals surface area contributed by atoms with E-state index in [1.54, 1.807) is 17.5 Å². The number of hydrogen-bond acceptors (Lipinski definition) is 4. The van der Waals surface area contributed by atoms with Crippen LogP contribution in [-0.2, 0) is 13.0 Å². The molecule has 0 amide bonds. The fourth-order valence-electron chi connectivity index (χ4n) is 2.12. The van der Waals surface area contributed by atoms with Gasteiger partial charge in [-0.3, -0.25) is 4.98 Å². The lowest BCUT2D eigenvalue weighted by Crippen LogP contribution is -2.31. The van der Waals surface area contributed by atoms with E-state index in [0.717, 1.165) is 23.4 Å². The van der Waals surface area contributed by atoms with Crippen molar-refractivity contribution in [3.63, 3.8) is 0 Å². The first-order valence-electron chi connectivity index (χ1n) is 6.43. The molecule has 1 N–H and O–H groups in total. The van der Waals surface area contributed by atoms with Gasteiger partial charge in [0.05, 0.1) is 6.61 Å². The molecule has 0 radical (unpaired) electrons. The van der Waals surface area contributed by atoms with Crippen molar-refractivity contribution in [1.82, 2.24) is 4.98 Å². The average molecular weight is 276 g/mol. The molecule has 3 nitrogen and oxygen atoms in total. The van der Waals surface area contributed by atoms with E-state index >= 15 is 0 Å². The molecule has 1 atom stereocenters. The lowest BCUT2D eigenvalue weighted by atomic mass is 10.1. The van der Waals surface area contributed by atoms with Crippen molar-refractivity contribution in [3.05, 3.63) is 45.9 Å². The molecule has 0 bridgehead atoms. The van der Waals surface area contributed by atoms with Crippen molar-refractivity contribution in [3.8, 4) is 0 Å². The number of aryl methyl sites for hydroxylation is 1. The number of pyridine rings is 1. The first kappa shape index (κ1) is 14.0. The van der Waals surface area contributed by atoms with Crippen molar-refractivity contribution < 1.29 is 5.11 Å². The van der Waals surface area contributed by atoms with Crippen LogP contribution in [0.5, 0.6) is 0 Å². The highest BCUT2D eigenvalue weighted by atomic mass is 32.1. The third kappa shape index (κ3) is 3.33. The van der Waals surface area contributed by atoms with Gasteiger partial charge in [0.25, 0.3) is 0 Å². The maximum Gasteiger partial charge on any atom is 0.0717 e. The molecule has 0 fully saturated rings. The summed E-state index contributed by atoms with van der Waals surface area (Å²) in [6.45, 7) is 4.21. The Hall–Kier alpha value is -1.39. The van der Waals surface area contributed by atoms with Crippen LogP contribution < -0.4 is 4.90 Å². The molecule has 2 heterocycles. The predicted molar refractivity (Wildman–Crippen MR) is 80.8 cm³/mol. The van der Waals surface area contributed by atoms with Crippen LogP contribution in [0.25, 0.3) is 0 Å². The maximum absolute atomic E-state index is 9.43. The van der Waals surface area contributed by atoms with Gasteiger partial charge in [0.1, 0.15) is 0 Å². The normalized spacial score (nSPS) is 12.4. The fraction of sp³-hybridized carbons (Fsp3) is 0.400. The molecule has 0 aliphatic carbocycles. The molecule has 0 saturated heterocycles. The van der Waals surface area contributed by atoms with Crippen LogP contribution in [0.3, 0.4) is 0 Å². The summed E-state index contributed by atoms with van der Waals surface area (Å²) >= 11 is 1.79. The lowest BCUT2D eigenvalue weighted by Gasteiger charge is -2.28. The van der Waals surface area contributed by atoms with E-state index in [1.807, 2.05) is 13.0 Å². The van der Waals surface area contributed by atoms with Crippen molar-refractivity contribution in [2.75, 3.05) is 11.9 Å². The van der Waals surface area contributed by atoms with Crippen molar-refractivity contribution in [1.29, 1.82) is 0 Å². The molecule has 0 aliphatic rings. The monoisotopic (exact) mass is 276 g/mol. The molecule has 2 aromatic rings. The Labute approximate surface area is 118 Å². The van der Waals surface area contributed by atoms with Crippen LogP contribution in [-0.4, -0.2) is 23.2 Å². The predicted octanol–water partition coefficient (Wildman–Crippen LogP) is 3.01. The van der Waals surface area contributed by atoms with Gasteiger partial charge in [-0.1, -0.05) is 6.07 Å². The van der Waals surface area contributed by atoms with Gasteiger partial charge in [-0.25, -0.2) is 0 Å². The highest BCUT2D eigenvalue weighted by Gasteiger charge is 2.15. The molecule has 0 aromatic carbocycles. The third-order valence-electron chi connectivity index (χ3n) is 3.39. The minimum atomic E-state index is 0.0265. The Morgan fingerprint density at radius 2 is 2.26 bits per heavy atom. The van der Waals surface area contributed by atoms with Crippen molar-refractivity contribution in [2.24, 2.45) is 0 Å². The Balaban J connectivity index is 2.18. The Bertz CT molecular complexity index is 525. The maximum atomic E-state index is 9.43. The number of rotatable bonds is 5. The van der Waals surface area contributed by atoms with Crippen LogP contribution in [0.15, 0.2) is 29.8 Å². The second-order valence-corrected chi connectivity index (χ2v) is 5.89. The number of aliphatic hydroxyl groups excluding tert-OH is 1. The molecule has 0 aliphatic heterocycles. The zero-order valence-electron chi connectivity index (χ0n) is 11.6. The summed E-state index contributed by atoms with van der Waals surface area (Å²) in [5, 5.41) is 11.5. The molecule has 4 heteroatoms. The molecule has 19 heavy (non-hydrogen) atoms. The third-order valence-corrected chi connectivity index (χ3v) is 4.29. The second kappa shape index (κ2) is 6.17. The lowest BCUT2D eigenvalue weighted by molar-refractivity contribution is 0.281. The van der Waals surface area contributed by atoms with E-state index in [2.05, 4.69) is 41.4 Å². The Kier molecular flexibility index (Phi) is 4.56. The van der Waals surface area contributed by atoms with E-state index in [1.165, 1.54) is 4.88 Å². The van der Waals surface area contributed by atoms with Gasteiger partial charge in [-0.05, 0) is 31.4 Å². The minimum Gasteiger partial charge on any atom is -0.392 e. The number of aromatic nitrogens is 1. The summed E-state index contributed by atoms with van der Waals surface area (Å²) < 4.78 is 0. The standard InChI is InChI=1S/C15H20N2OS/c1-11-7-15(13(10-18)9-16-11)17(3)12(2)8-14-5-4-6-19-14/h4-7,9,12,18H,8,10H2,1-3H3. The van der Waals surface area contributed by atoms with Crippen molar-refractivity contribution in [2.45, 2.75) is 32.9 Å². The second-order valence-electron chi connectivity index (χ2n) is 4.86. The molecule has 2 rings (SSSR count). The van der Waals surface area contributed by atoms with E-state index in [0.29, 0.717) is 6.04 Å². The van der Waals surface area contributed by atoms with Crippen LogP contribution in [0.4, 0.5) is 5.69 Å². The number of nitrogens with zero attached hydrogens (tertiary/aromatic N) is 2. The number of likely N-dealkylation sites (N-methyl/N-ethyl adjacent to an activating group) is 1. The zero-order valence-corrected chi connectivity index (χ0v) is 12.4. The van der Waals surface area contributed by atoms with E-state index in [4.69, 9.17) is 0 Å². The minimum absolute atomic E-state index is 0.0265. The summed E-state index contributed by atoms with van der Waals surface area (Å²) in [5.41, 5.74) is 2.92. The zero-order chi connectivity index (χ0) is 13.8. The van der Waals surface area contributed by atoms with Gasteiger partial charge < -0.3 is 10.0 Å². The first-order valence-corrected chi connectivity index (χ1v) is 7.31. The van der Waals surface area contributed by atoms with E-state index in [-0.39, 0.29) is 6.61 Å². The summed E-state index contributed by atoms with van der Waals surface area (Å²) in [4.78, 5) is 7.85. The summed E-state index contributed by atoms with van der Waals surface area (Å²) in [7, 11) is 2.08. The number of anilines is 1. The first-order chi connectivity index (χ1) is 9.11. The molecular formula is C15H20N2OS. The van der Waals surface area contributed by atoms with Crippen LogP contribution >= 0.6 is 11.3 Å². The molecule has 0 spiro atoms. The van der Waals surface area contributed by atoms with Gasteiger partial charge in [0.15, 0.2) is 0 Å². The van der Waals surface area contributed by atoms with Crippen molar-refractivity contribution >= 4 is 17.0 Å². The molecule has 102 valence electrons.